The lowest BCUT2D eigenvalue weighted by Gasteiger charge is -2.12. The van der Waals surface area contributed by atoms with Gasteiger partial charge in [-0.25, -0.2) is 0 Å². The molecule has 3 heteroatoms. The monoisotopic (exact) mass is 578 g/mol. The molecule has 6 aromatic carbocycles. The van der Waals surface area contributed by atoms with Gasteiger partial charge in [0, 0.05) is 30.7 Å². The SMILES string of the molecule is Cc1ccccc1Sc1ccccc1-c1ccc(C(=O)c2ccc(-c3ccccc3Sc3ccccc3C)cc2)cc1. The molecule has 0 saturated carbocycles. The predicted molar refractivity (Wildman–Crippen MR) is 178 cm³/mol. The third-order valence-electron chi connectivity index (χ3n) is 7.32. The van der Waals surface area contributed by atoms with E-state index in [1.165, 1.54) is 30.7 Å². The predicted octanol–water partition coefficient (Wildman–Crippen LogP) is 11.2. The Morgan fingerprint density at radius 2 is 0.738 bits per heavy atom. The summed E-state index contributed by atoms with van der Waals surface area (Å²) in [4.78, 5) is 18.3. The maximum Gasteiger partial charge on any atom is 0.193 e. The highest BCUT2D eigenvalue weighted by Gasteiger charge is 2.13. The highest BCUT2D eigenvalue weighted by molar-refractivity contribution is 7.99. The molecule has 0 fully saturated rings. The molecule has 0 N–H and O–H groups in total. The Kier molecular flexibility index (Phi) is 8.41. The highest BCUT2D eigenvalue weighted by Crippen LogP contribution is 2.39. The third-order valence-corrected chi connectivity index (χ3v) is 9.83. The second-order valence-corrected chi connectivity index (χ2v) is 12.4. The quantitative estimate of drug-likeness (QED) is 0.167. The van der Waals surface area contributed by atoms with Crippen LogP contribution in [-0.4, -0.2) is 5.78 Å². The first kappa shape index (κ1) is 27.8. The molecule has 6 rings (SSSR count). The molecule has 0 aliphatic rings. The molecule has 0 spiro atoms. The van der Waals surface area contributed by atoms with Crippen LogP contribution in [0.15, 0.2) is 165 Å². The molecular weight excluding hydrogens is 549 g/mol. The number of hydrogen-bond donors (Lipinski definition) is 0. The summed E-state index contributed by atoms with van der Waals surface area (Å²) in [5.74, 6) is 0.0261. The Labute approximate surface area is 256 Å². The lowest BCUT2D eigenvalue weighted by molar-refractivity contribution is 0.103. The Hall–Kier alpha value is -4.31. The van der Waals surface area contributed by atoms with Crippen molar-refractivity contribution in [2.24, 2.45) is 0 Å². The van der Waals surface area contributed by atoms with Crippen molar-refractivity contribution in [3.8, 4) is 22.3 Å². The van der Waals surface area contributed by atoms with E-state index in [0.29, 0.717) is 11.1 Å². The van der Waals surface area contributed by atoms with Gasteiger partial charge in [-0.2, -0.15) is 0 Å². The molecule has 6 aromatic rings. The number of carbonyl (C=O) groups excluding carboxylic acids is 1. The number of ketones is 1. The van der Waals surface area contributed by atoms with Crippen LogP contribution in [0, 0.1) is 13.8 Å². The highest BCUT2D eigenvalue weighted by atomic mass is 32.2. The van der Waals surface area contributed by atoms with E-state index >= 15 is 0 Å². The average Bonchev–Trinajstić information content (AvgIpc) is 3.04. The summed E-state index contributed by atoms with van der Waals surface area (Å²) in [7, 11) is 0. The maximum absolute atomic E-state index is 13.4. The topological polar surface area (TPSA) is 17.1 Å². The van der Waals surface area contributed by atoms with E-state index in [2.05, 4.69) is 135 Å². The zero-order valence-corrected chi connectivity index (χ0v) is 25.2. The average molecular weight is 579 g/mol. The summed E-state index contributed by atoms with van der Waals surface area (Å²) in [6.45, 7) is 4.28. The largest absolute Gasteiger partial charge is 0.289 e. The summed E-state index contributed by atoms with van der Waals surface area (Å²) in [6.07, 6.45) is 0. The van der Waals surface area contributed by atoms with Gasteiger partial charge in [-0.15, -0.1) is 0 Å². The van der Waals surface area contributed by atoms with E-state index in [4.69, 9.17) is 0 Å². The van der Waals surface area contributed by atoms with Crippen LogP contribution in [0.4, 0.5) is 0 Å². The molecule has 0 aromatic heterocycles. The van der Waals surface area contributed by atoms with Crippen LogP contribution in [0.5, 0.6) is 0 Å². The molecule has 0 aliphatic carbocycles. The van der Waals surface area contributed by atoms with Crippen molar-refractivity contribution >= 4 is 29.3 Å². The van der Waals surface area contributed by atoms with Crippen molar-refractivity contribution < 1.29 is 4.79 Å². The lowest BCUT2D eigenvalue weighted by Crippen LogP contribution is -2.01. The third kappa shape index (κ3) is 6.13. The molecule has 1 nitrogen and oxygen atoms in total. The zero-order valence-electron chi connectivity index (χ0n) is 23.6. The summed E-state index contributed by atoms with van der Waals surface area (Å²) < 4.78 is 0. The van der Waals surface area contributed by atoms with Crippen LogP contribution in [0.3, 0.4) is 0 Å². The van der Waals surface area contributed by atoms with Crippen LogP contribution in [0.2, 0.25) is 0 Å². The summed E-state index contributed by atoms with van der Waals surface area (Å²) >= 11 is 3.55. The van der Waals surface area contributed by atoms with Crippen molar-refractivity contribution in [3.05, 3.63) is 168 Å². The maximum atomic E-state index is 13.4. The minimum absolute atomic E-state index is 0.0261. The van der Waals surface area contributed by atoms with Gasteiger partial charge in [0.05, 0.1) is 0 Å². The van der Waals surface area contributed by atoms with Gasteiger partial charge in [-0.05, 0) is 71.5 Å². The molecule has 0 bridgehead atoms. The first-order valence-electron chi connectivity index (χ1n) is 14.0. The van der Waals surface area contributed by atoms with Gasteiger partial charge in [0.2, 0.25) is 0 Å². The smallest absolute Gasteiger partial charge is 0.193 e. The summed E-state index contributed by atoms with van der Waals surface area (Å²) in [6, 6.07) is 49.7. The minimum Gasteiger partial charge on any atom is -0.289 e. The first-order valence-corrected chi connectivity index (χ1v) is 15.6. The van der Waals surface area contributed by atoms with E-state index in [1.807, 2.05) is 24.3 Å². The zero-order chi connectivity index (χ0) is 28.9. The van der Waals surface area contributed by atoms with Gasteiger partial charge in [0.15, 0.2) is 5.78 Å². The second kappa shape index (κ2) is 12.7. The minimum atomic E-state index is 0.0261. The molecule has 0 aliphatic heterocycles. The van der Waals surface area contributed by atoms with Crippen LogP contribution >= 0.6 is 23.5 Å². The Morgan fingerprint density at radius 1 is 0.405 bits per heavy atom. The van der Waals surface area contributed by atoms with Gasteiger partial charge in [-0.3, -0.25) is 4.79 Å². The number of benzene rings is 6. The van der Waals surface area contributed by atoms with Crippen molar-refractivity contribution in [2.75, 3.05) is 0 Å². The lowest BCUT2D eigenvalue weighted by atomic mass is 9.97. The van der Waals surface area contributed by atoms with Gasteiger partial charge >= 0.3 is 0 Å². The van der Waals surface area contributed by atoms with Crippen LogP contribution in [0.25, 0.3) is 22.3 Å². The van der Waals surface area contributed by atoms with E-state index < -0.39 is 0 Å². The van der Waals surface area contributed by atoms with Crippen molar-refractivity contribution in [1.82, 2.24) is 0 Å². The van der Waals surface area contributed by atoms with Crippen molar-refractivity contribution in [1.29, 1.82) is 0 Å². The fourth-order valence-electron chi connectivity index (χ4n) is 4.94. The van der Waals surface area contributed by atoms with Gasteiger partial charge in [0.25, 0.3) is 0 Å². The molecule has 0 atom stereocenters. The second-order valence-electron chi connectivity index (χ2n) is 10.2. The Balaban J connectivity index is 1.21. The standard InChI is InChI=1S/C39H30OS2/c1-27-11-3-7-15-35(27)41-37-17-9-5-13-33(37)29-19-23-31(24-20-29)39(40)32-25-21-30(22-26-32)34-14-6-10-18-38(34)42-36-16-8-4-12-28(36)2/h3-26H,1-2H3. The van der Waals surface area contributed by atoms with Crippen molar-refractivity contribution in [2.45, 2.75) is 33.4 Å². The first-order chi connectivity index (χ1) is 20.6. The molecule has 0 amide bonds. The molecule has 204 valence electrons. The van der Waals surface area contributed by atoms with E-state index in [1.54, 1.807) is 23.5 Å². The summed E-state index contributed by atoms with van der Waals surface area (Å²) in [5.41, 5.74) is 8.42. The number of rotatable bonds is 8. The fraction of sp³-hybridized carbons (Fsp3) is 0.0513. The molecule has 0 saturated heterocycles. The van der Waals surface area contributed by atoms with Crippen LogP contribution in [0.1, 0.15) is 27.0 Å². The fourth-order valence-corrected chi connectivity index (χ4v) is 7.05. The van der Waals surface area contributed by atoms with Crippen LogP contribution < -0.4 is 0 Å². The molecule has 0 heterocycles. The molecule has 0 radical (unpaired) electrons. The van der Waals surface area contributed by atoms with Gasteiger partial charge < -0.3 is 0 Å². The van der Waals surface area contributed by atoms with Gasteiger partial charge in [0.1, 0.15) is 0 Å². The van der Waals surface area contributed by atoms with E-state index in [9.17, 15) is 4.79 Å². The number of hydrogen-bond acceptors (Lipinski definition) is 3. The molecular formula is C39H30OS2. The number of aryl methyl sites for hydroxylation is 2. The van der Waals surface area contributed by atoms with Crippen LogP contribution in [-0.2, 0) is 0 Å². The number of carbonyl (C=O) groups is 1. The molecule has 42 heavy (non-hydrogen) atoms. The molecule has 0 unspecified atom stereocenters. The summed E-state index contributed by atoms with van der Waals surface area (Å²) in [5, 5.41) is 0. The van der Waals surface area contributed by atoms with E-state index in [0.717, 1.165) is 22.3 Å². The van der Waals surface area contributed by atoms with Gasteiger partial charge in [-0.1, -0.05) is 145 Å². The van der Waals surface area contributed by atoms with Crippen molar-refractivity contribution in [3.63, 3.8) is 0 Å². The Morgan fingerprint density at radius 3 is 1.12 bits per heavy atom. The normalized spacial score (nSPS) is 10.9. The van der Waals surface area contributed by atoms with E-state index in [-0.39, 0.29) is 5.78 Å². The Bertz CT molecular complexity index is 1720.